The van der Waals surface area contributed by atoms with Gasteiger partial charge in [0.25, 0.3) is 0 Å². The number of carbonyl (C=O) groups is 2. The van der Waals surface area contributed by atoms with Gasteiger partial charge < -0.3 is 0 Å². The Hall–Kier alpha value is -3.47. The molecule has 0 aliphatic carbocycles. The van der Waals surface area contributed by atoms with Gasteiger partial charge in [0, 0.05) is 5.57 Å². The molecule has 0 atom stereocenters. The number of nitrogens with zero attached hydrogens (tertiary/aromatic N) is 1. The van der Waals surface area contributed by atoms with Crippen molar-refractivity contribution in [1.29, 1.82) is 0 Å². The first-order chi connectivity index (χ1) is 15.9. The Balaban J connectivity index is 2.01. The third-order valence-corrected chi connectivity index (χ3v) is 4.72. The van der Waals surface area contributed by atoms with Crippen LogP contribution >= 0.6 is 0 Å². The van der Waals surface area contributed by atoms with Crippen molar-refractivity contribution in [1.82, 2.24) is 15.6 Å². The molecule has 2 N–H and O–H groups in total. The van der Waals surface area contributed by atoms with Crippen LogP contribution < -0.4 is 16.1 Å². The van der Waals surface area contributed by atoms with Gasteiger partial charge in [-0.15, -0.1) is 0 Å². The minimum atomic E-state index is -0.204. The predicted molar refractivity (Wildman–Crippen MR) is 139 cm³/mol. The van der Waals surface area contributed by atoms with Crippen molar-refractivity contribution in [3.05, 3.63) is 89.8 Å². The van der Waals surface area contributed by atoms with Gasteiger partial charge in [0.05, 0.1) is 0 Å². The van der Waals surface area contributed by atoms with E-state index in [1.54, 1.807) is 19.3 Å². The van der Waals surface area contributed by atoms with Crippen molar-refractivity contribution < 1.29 is 9.59 Å². The number of allylic oxidation sites excluding steroid dienone is 4. The maximum absolute atomic E-state index is 12.6. The zero-order valence-electron chi connectivity index (χ0n) is 19.3. The van der Waals surface area contributed by atoms with E-state index in [0.29, 0.717) is 30.6 Å². The van der Waals surface area contributed by atoms with Crippen molar-refractivity contribution in [2.75, 3.05) is 13.1 Å². The molecule has 1 heterocycles. The van der Waals surface area contributed by atoms with Crippen molar-refractivity contribution >= 4 is 43.6 Å². The number of pyridine rings is 1. The Morgan fingerprint density at radius 3 is 2.64 bits per heavy atom. The summed E-state index contributed by atoms with van der Waals surface area (Å²) in [6.45, 7) is 10.2. The molecule has 2 rings (SSSR count). The second-order valence-corrected chi connectivity index (χ2v) is 7.61. The van der Waals surface area contributed by atoms with Crippen LogP contribution in [0.4, 0.5) is 0 Å². The zero-order valence-corrected chi connectivity index (χ0v) is 19.3. The molecular weight excluding hydrogens is 408 g/mol. The summed E-state index contributed by atoms with van der Waals surface area (Å²) in [7, 11) is 5.86. The van der Waals surface area contributed by atoms with Crippen molar-refractivity contribution in [3.8, 4) is 0 Å². The fourth-order valence-electron chi connectivity index (χ4n) is 2.96. The summed E-state index contributed by atoms with van der Waals surface area (Å²) in [6.07, 6.45) is 10.5. The maximum atomic E-state index is 12.6. The van der Waals surface area contributed by atoms with Crippen LogP contribution in [0.25, 0.3) is 5.57 Å². The first kappa shape index (κ1) is 25.8. The van der Waals surface area contributed by atoms with E-state index < -0.39 is 0 Å². The summed E-state index contributed by atoms with van der Waals surface area (Å²) in [5, 5.41) is 5.61. The molecule has 0 bridgehead atoms. The van der Waals surface area contributed by atoms with Gasteiger partial charge in [0.15, 0.2) is 0 Å². The second-order valence-electron chi connectivity index (χ2n) is 7.61. The molecule has 0 fully saturated rings. The summed E-state index contributed by atoms with van der Waals surface area (Å²) >= 11 is 0. The average Bonchev–Trinajstić information content (AvgIpc) is 2.80. The van der Waals surface area contributed by atoms with Crippen LogP contribution in [-0.4, -0.2) is 50.6 Å². The van der Waals surface area contributed by atoms with E-state index in [2.05, 4.69) is 29.1 Å². The molecule has 7 heteroatoms. The molecule has 0 unspecified atom stereocenters. The first-order valence-electron chi connectivity index (χ1n) is 10.9. The van der Waals surface area contributed by atoms with E-state index in [1.165, 1.54) is 0 Å². The topological polar surface area (TPSA) is 71.1 Å². The molecule has 0 aliphatic heterocycles. The number of carbonyl (C=O) groups excluding carboxylic acids is 2. The summed E-state index contributed by atoms with van der Waals surface area (Å²) < 4.78 is 0. The Morgan fingerprint density at radius 1 is 1.15 bits per heavy atom. The second kappa shape index (κ2) is 13.8. The van der Waals surface area contributed by atoms with Gasteiger partial charge >= 0.3 is 174 Å². The summed E-state index contributed by atoms with van der Waals surface area (Å²) in [5.74, 6) is 1.64. The standard InChI is InChI=1S/C26H29B2N3O2/c1-4-5-9-21(16-28-15-20-8-6-10-24(27)13-20)22-14-23(18-29-17-22)26(33)31-12-7-11-30-25(32)19(2)3/h4-6,8-10,13-14,16-18H,2,7,11-12,15H2,1,3H3,(H,30,32)(H,31,33)/b5-4-,21-9+. The van der Waals surface area contributed by atoms with Crippen LogP contribution in [0.2, 0.25) is 0 Å². The first-order valence-corrected chi connectivity index (χ1v) is 10.9. The van der Waals surface area contributed by atoms with E-state index in [1.807, 2.05) is 61.4 Å². The molecule has 166 valence electrons. The number of rotatable bonds is 11. The van der Waals surface area contributed by atoms with Gasteiger partial charge in [0.1, 0.15) is 0 Å². The van der Waals surface area contributed by atoms with Crippen LogP contribution in [0, 0.1) is 0 Å². The molecule has 2 amide bonds. The molecule has 2 radical (unpaired) electrons. The van der Waals surface area contributed by atoms with E-state index in [9.17, 15) is 9.59 Å². The molecule has 0 aliphatic rings. The molecule has 0 saturated heterocycles. The van der Waals surface area contributed by atoms with Gasteiger partial charge in [-0.25, -0.2) is 0 Å². The van der Waals surface area contributed by atoms with Crippen LogP contribution in [0.3, 0.4) is 0 Å². The van der Waals surface area contributed by atoms with Crippen LogP contribution in [-0.2, 0) is 11.1 Å². The number of hydrogen-bond acceptors (Lipinski definition) is 3. The SMILES string of the molecule is [B]c1cccc(CB=C/C(=C\C=C/C)c2cncc(C(=O)NCCCNC(=O)C(=C)C)c2)c1. The van der Waals surface area contributed by atoms with E-state index in [0.717, 1.165) is 28.5 Å². The van der Waals surface area contributed by atoms with Crippen LogP contribution in [0.1, 0.15) is 41.8 Å². The normalized spacial score (nSPS) is 11.4. The molecule has 0 saturated carbocycles. The van der Waals surface area contributed by atoms with E-state index in [-0.39, 0.29) is 11.8 Å². The van der Waals surface area contributed by atoms with E-state index >= 15 is 0 Å². The summed E-state index contributed by atoms with van der Waals surface area (Å²) in [5.41, 5.74) is 4.61. The molecular formula is C26H29B2N3O2. The molecule has 5 nitrogen and oxygen atoms in total. The number of nitrogens with one attached hydrogen (secondary N) is 2. The summed E-state index contributed by atoms with van der Waals surface area (Å²) in [6, 6.07) is 9.62. The zero-order chi connectivity index (χ0) is 24.1. The third kappa shape index (κ3) is 9.27. The van der Waals surface area contributed by atoms with Crippen molar-refractivity contribution in [2.24, 2.45) is 0 Å². The molecule has 1 aromatic heterocycles. The van der Waals surface area contributed by atoms with Gasteiger partial charge in [-0.1, -0.05) is 6.58 Å². The molecule has 0 spiro atoms. The van der Waals surface area contributed by atoms with Crippen LogP contribution in [0.5, 0.6) is 0 Å². The fraction of sp³-hybridized carbons (Fsp3) is 0.231. The quantitative estimate of drug-likeness (QED) is 0.246. The van der Waals surface area contributed by atoms with Crippen LogP contribution in [0.15, 0.2) is 73.1 Å². The Kier molecular flexibility index (Phi) is 10.8. The van der Waals surface area contributed by atoms with Crippen molar-refractivity contribution in [2.45, 2.75) is 26.6 Å². The van der Waals surface area contributed by atoms with Gasteiger partial charge in [-0.2, -0.15) is 0 Å². The minimum absolute atomic E-state index is 0.178. The monoisotopic (exact) mass is 437 g/mol. The Bertz CT molecular complexity index is 1070. The third-order valence-electron chi connectivity index (χ3n) is 4.72. The Labute approximate surface area is 198 Å². The van der Waals surface area contributed by atoms with Gasteiger partial charge in [-0.3, -0.25) is 4.79 Å². The average molecular weight is 437 g/mol. The fourth-order valence-corrected chi connectivity index (χ4v) is 2.96. The number of aromatic nitrogens is 1. The number of benzene rings is 1. The number of hydrogen-bond donors (Lipinski definition) is 2. The number of amides is 2. The molecule has 33 heavy (non-hydrogen) atoms. The van der Waals surface area contributed by atoms with E-state index in [4.69, 9.17) is 7.85 Å². The molecule has 2 aromatic rings. The van der Waals surface area contributed by atoms with Gasteiger partial charge in [-0.05, 0) is 6.92 Å². The predicted octanol–water partition coefficient (Wildman–Crippen LogP) is 2.35. The summed E-state index contributed by atoms with van der Waals surface area (Å²) in [4.78, 5) is 28.3. The molecule has 1 aromatic carbocycles. The van der Waals surface area contributed by atoms with Crippen molar-refractivity contribution in [3.63, 3.8) is 0 Å². The Morgan fingerprint density at radius 2 is 1.91 bits per heavy atom. The van der Waals surface area contributed by atoms with Gasteiger partial charge in [0.2, 0.25) is 0 Å².